The summed E-state index contributed by atoms with van der Waals surface area (Å²) < 4.78 is 11.9. The highest BCUT2D eigenvalue weighted by Crippen LogP contribution is 2.30. The van der Waals surface area contributed by atoms with E-state index in [4.69, 9.17) is 14.1 Å². The minimum absolute atomic E-state index is 0.193. The van der Waals surface area contributed by atoms with E-state index in [0.717, 1.165) is 40.5 Å². The number of halogens is 1. The normalized spacial score (nSPS) is 22.6. The topological polar surface area (TPSA) is 51.4 Å². The van der Waals surface area contributed by atoms with Gasteiger partial charge in [-0.3, -0.25) is 0 Å². The fourth-order valence-electron chi connectivity index (χ4n) is 2.68. The molecule has 2 aromatic rings. The van der Waals surface area contributed by atoms with Gasteiger partial charge in [0.15, 0.2) is 0 Å². The van der Waals surface area contributed by atoms with Crippen molar-refractivity contribution in [2.45, 2.75) is 33.0 Å². The Kier molecular flexibility index (Phi) is 3.99. The molecule has 0 bridgehead atoms. The van der Waals surface area contributed by atoms with Crippen LogP contribution in [0.2, 0.25) is 0 Å². The zero-order valence-corrected chi connectivity index (χ0v) is 13.9. The van der Waals surface area contributed by atoms with E-state index in [2.05, 4.69) is 39.7 Å². The summed E-state index contributed by atoms with van der Waals surface area (Å²) in [5.74, 6) is 1.71. The predicted octanol–water partition coefficient (Wildman–Crippen LogP) is 3.42. The molecule has 0 N–H and O–H groups in total. The van der Waals surface area contributed by atoms with E-state index >= 15 is 0 Å². The number of rotatable bonds is 2. The Morgan fingerprint density at radius 3 is 2.62 bits per heavy atom. The fraction of sp³-hybridized carbons (Fsp3) is 0.467. The van der Waals surface area contributed by atoms with Gasteiger partial charge in [-0.2, -0.15) is 0 Å². The lowest BCUT2D eigenvalue weighted by Gasteiger charge is -2.36. The van der Waals surface area contributed by atoms with Gasteiger partial charge in [0.05, 0.1) is 24.7 Å². The van der Waals surface area contributed by atoms with Gasteiger partial charge in [0.1, 0.15) is 21.9 Å². The van der Waals surface area contributed by atoms with Gasteiger partial charge >= 0.3 is 0 Å². The number of hydrogen-bond donors (Lipinski definition) is 0. The number of aromatic nitrogens is 2. The Labute approximate surface area is 132 Å². The monoisotopic (exact) mass is 351 g/mol. The van der Waals surface area contributed by atoms with Crippen molar-refractivity contribution >= 4 is 21.7 Å². The molecule has 2 aromatic heterocycles. The molecule has 0 amide bonds. The lowest BCUT2D eigenvalue weighted by atomic mass is 10.2. The molecule has 1 unspecified atom stereocenters. The Morgan fingerprint density at radius 1 is 1.29 bits per heavy atom. The molecule has 1 aliphatic rings. The number of anilines is 1. The van der Waals surface area contributed by atoms with Crippen molar-refractivity contribution < 1.29 is 9.15 Å². The van der Waals surface area contributed by atoms with Gasteiger partial charge in [-0.1, -0.05) is 0 Å². The molecule has 2 atom stereocenters. The Bertz CT molecular complexity index is 634. The number of ether oxygens (including phenoxy) is 1. The highest BCUT2D eigenvalue weighted by molar-refractivity contribution is 9.10. The summed E-state index contributed by atoms with van der Waals surface area (Å²) in [7, 11) is 0. The van der Waals surface area contributed by atoms with Crippen LogP contribution in [0, 0.1) is 6.92 Å². The average Bonchev–Trinajstić information content (AvgIpc) is 2.84. The minimum Gasteiger partial charge on any atom is -0.469 e. The van der Waals surface area contributed by atoms with Crippen molar-refractivity contribution in [3.63, 3.8) is 0 Å². The molecule has 6 heteroatoms. The summed E-state index contributed by atoms with van der Waals surface area (Å²) in [5, 5.41) is 0. The zero-order valence-electron chi connectivity index (χ0n) is 12.3. The molecule has 5 nitrogen and oxygen atoms in total. The number of nitrogens with zero attached hydrogens (tertiary/aromatic N) is 3. The quantitative estimate of drug-likeness (QED) is 0.829. The van der Waals surface area contributed by atoms with Gasteiger partial charge in [-0.25, -0.2) is 9.97 Å². The van der Waals surface area contributed by atoms with Gasteiger partial charge in [0.25, 0.3) is 0 Å². The van der Waals surface area contributed by atoms with Gasteiger partial charge in [0, 0.05) is 18.7 Å². The maximum absolute atomic E-state index is 5.77. The van der Waals surface area contributed by atoms with Crippen LogP contribution in [0.15, 0.2) is 27.5 Å². The molecule has 1 fully saturated rings. The first-order valence-corrected chi connectivity index (χ1v) is 7.81. The summed E-state index contributed by atoms with van der Waals surface area (Å²) in [5.41, 5.74) is 1.77. The zero-order chi connectivity index (χ0) is 15.0. The molecule has 0 spiro atoms. The summed E-state index contributed by atoms with van der Waals surface area (Å²) >= 11 is 3.48. The van der Waals surface area contributed by atoms with Gasteiger partial charge in [0.2, 0.25) is 0 Å². The van der Waals surface area contributed by atoms with Gasteiger partial charge in [-0.05, 0) is 42.8 Å². The van der Waals surface area contributed by atoms with E-state index < -0.39 is 0 Å². The van der Waals surface area contributed by atoms with E-state index in [1.165, 1.54) is 0 Å². The number of morpholine rings is 1. The first-order chi connectivity index (χ1) is 10.0. The molecule has 1 saturated heterocycles. The molecular formula is C15H18BrN3O2. The van der Waals surface area contributed by atoms with E-state index in [0.29, 0.717) is 0 Å². The standard InChI is InChI=1S/C15H18BrN3O2/c1-9-7-19(8-10(2)21-9)13-6-17-15(16)14(18-13)12-4-5-20-11(12)3/h4-6,9-10H,7-8H2,1-3H3/t9-,10?/m0/s1. The predicted molar refractivity (Wildman–Crippen MR) is 84.4 cm³/mol. The number of aryl methyl sites for hydroxylation is 1. The third kappa shape index (κ3) is 2.96. The second-order valence-corrected chi connectivity index (χ2v) is 6.17. The van der Waals surface area contributed by atoms with E-state index in [1.54, 1.807) is 12.5 Å². The van der Waals surface area contributed by atoms with E-state index in [-0.39, 0.29) is 12.2 Å². The molecule has 21 heavy (non-hydrogen) atoms. The highest BCUT2D eigenvalue weighted by atomic mass is 79.9. The summed E-state index contributed by atoms with van der Waals surface area (Å²) in [6, 6.07) is 1.92. The molecule has 0 saturated carbocycles. The molecule has 112 valence electrons. The van der Waals surface area contributed by atoms with Crippen LogP contribution in [0.25, 0.3) is 11.3 Å². The van der Waals surface area contributed by atoms with Crippen LogP contribution in [0.3, 0.4) is 0 Å². The summed E-state index contributed by atoms with van der Waals surface area (Å²) in [4.78, 5) is 11.4. The lowest BCUT2D eigenvalue weighted by Crippen LogP contribution is -2.45. The summed E-state index contributed by atoms with van der Waals surface area (Å²) in [6.45, 7) is 7.73. The van der Waals surface area contributed by atoms with Crippen molar-refractivity contribution in [2.24, 2.45) is 0 Å². The van der Waals surface area contributed by atoms with Crippen molar-refractivity contribution in [1.29, 1.82) is 0 Å². The van der Waals surface area contributed by atoms with Gasteiger partial charge < -0.3 is 14.1 Å². The van der Waals surface area contributed by atoms with E-state index in [1.807, 2.05) is 13.0 Å². The maximum Gasteiger partial charge on any atom is 0.148 e. The third-order valence-electron chi connectivity index (χ3n) is 3.57. The first-order valence-electron chi connectivity index (χ1n) is 7.02. The third-order valence-corrected chi connectivity index (χ3v) is 4.15. The highest BCUT2D eigenvalue weighted by Gasteiger charge is 2.24. The molecule has 0 radical (unpaired) electrons. The average molecular weight is 352 g/mol. The molecular weight excluding hydrogens is 334 g/mol. The number of furan rings is 1. The smallest absolute Gasteiger partial charge is 0.148 e. The second-order valence-electron chi connectivity index (χ2n) is 5.42. The van der Waals surface area contributed by atoms with Crippen LogP contribution in [-0.4, -0.2) is 35.3 Å². The van der Waals surface area contributed by atoms with Crippen LogP contribution in [-0.2, 0) is 4.74 Å². The van der Waals surface area contributed by atoms with Crippen molar-refractivity contribution in [3.8, 4) is 11.3 Å². The Balaban J connectivity index is 1.96. The number of hydrogen-bond acceptors (Lipinski definition) is 5. The maximum atomic E-state index is 5.77. The van der Waals surface area contributed by atoms with Gasteiger partial charge in [-0.15, -0.1) is 0 Å². The SMILES string of the molecule is Cc1occc1-c1nc(N2CC(C)O[C@@H](C)C2)cnc1Br. The molecule has 1 aliphatic heterocycles. The van der Waals surface area contributed by atoms with Crippen molar-refractivity contribution in [2.75, 3.05) is 18.0 Å². The van der Waals surface area contributed by atoms with Crippen LogP contribution in [0.4, 0.5) is 5.82 Å². The van der Waals surface area contributed by atoms with Crippen LogP contribution >= 0.6 is 15.9 Å². The lowest BCUT2D eigenvalue weighted by molar-refractivity contribution is -0.00547. The summed E-state index contributed by atoms with van der Waals surface area (Å²) in [6.07, 6.45) is 3.86. The Morgan fingerprint density at radius 2 is 2.00 bits per heavy atom. The van der Waals surface area contributed by atoms with Crippen molar-refractivity contribution in [3.05, 3.63) is 28.9 Å². The Hall–Kier alpha value is -1.40. The molecule has 3 heterocycles. The van der Waals surface area contributed by atoms with Crippen LogP contribution < -0.4 is 4.90 Å². The largest absolute Gasteiger partial charge is 0.469 e. The second kappa shape index (κ2) is 5.77. The fourth-order valence-corrected chi connectivity index (χ4v) is 3.09. The molecule has 3 rings (SSSR count). The molecule has 0 aromatic carbocycles. The van der Waals surface area contributed by atoms with E-state index in [9.17, 15) is 0 Å². The molecule has 0 aliphatic carbocycles. The first kappa shape index (κ1) is 14.5. The van der Waals surface area contributed by atoms with Crippen LogP contribution in [0.1, 0.15) is 19.6 Å². The van der Waals surface area contributed by atoms with Crippen molar-refractivity contribution in [1.82, 2.24) is 9.97 Å². The minimum atomic E-state index is 0.193. The van der Waals surface area contributed by atoms with Crippen LogP contribution in [0.5, 0.6) is 0 Å².